The Morgan fingerprint density at radius 3 is 2.55 bits per heavy atom. The quantitative estimate of drug-likeness (QED) is 0.252. The van der Waals surface area contributed by atoms with Crippen LogP contribution in [0.5, 0.6) is 0 Å². The van der Waals surface area contributed by atoms with Gasteiger partial charge in [-0.05, 0) is 51.1 Å². The topological polar surface area (TPSA) is 152 Å². The molecule has 11 nitrogen and oxygen atoms in total. The molecule has 0 spiro atoms. The number of carbonyl (C=O) groups is 1. The largest absolute Gasteiger partial charge is 0.465 e. The number of hydrogen-bond acceptors (Lipinski definition) is 9. The summed E-state index contributed by atoms with van der Waals surface area (Å²) in [6, 6.07) is 11.9. The third-order valence-corrected chi connectivity index (χ3v) is 7.91. The third kappa shape index (κ3) is 4.93. The van der Waals surface area contributed by atoms with Crippen molar-refractivity contribution >= 4 is 49.5 Å². The summed E-state index contributed by atoms with van der Waals surface area (Å²) in [6.45, 7) is 5.85. The summed E-state index contributed by atoms with van der Waals surface area (Å²) in [5.74, 6) is 0.864. The van der Waals surface area contributed by atoms with Gasteiger partial charge in [0.1, 0.15) is 5.82 Å². The first kappa shape index (κ1) is 25.3. The SMILES string of the molecule is Cc1ccc(S(=O)(=O)n2cc(-c3cncc(NC(C)C)n3)c3cc(-c4nsc(NC(=O)O)n4)ccc32)cc1. The van der Waals surface area contributed by atoms with E-state index in [1.807, 2.05) is 20.8 Å². The highest BCUT2D eigenvalue weighted by Gasteiger charge is 2.23. The summed E-state index contributed by atoms with van der Waals surface area (Å²) in [7, 11) is -3.94. The fraction of sp³-hybridized carbons (Fsp3) is 0.160. The summed E-state index contributed by atoms with van der Waals surface area (Å²) >= 11 is 0.909. The van der Waals surface area contributed by atoms with Crippen molar-refractivity contribution in [2.75, 3.05) is 10.6 Å². The molecule has 0 aliphatic heterocycles. The molecule has 0 radical (unpaired) electrons. The molecule has 0 atom stereocenters. The smallest absolute Gasteiger partial charge is 0.411 e. The Morgan fingerprint density at radius 2 is 1.84 bits per heavy atom. The van der Waals surface area contributed by atoms with E-state index in [4.69, 9.17) is 5.11 Å². The fourth-order valence-electron chi connectivity index (χ4n) is 3.91. The first-order valence-corrected chi connectivity index (χ1v) is 13.7. The molecule has 2 aromatic carbocycles. The van der Waals surface area contributed by atoms with Gasteiger partial charge in [-0.1, -0.05) is 17.7 Å². The summed E-state index contributed by atoms with van der Waals surface area (Å²) in [4.78, 5) is 24.3. The lowest BCUT2D eigenvalue weighted by Crippen LogP contribution is -2.12. The Labute approximate surface area is 222 Å². The van der Waals surface area contributed by atoms with E-state index in [9.17, 15) is 13.2 Å². The van der Waals surface area contributed by atoms with E-state index in [0.717, 1.165) is 17.1 Å². The minimum absolute atomic E-state index is 0.124. The van der Waals surface area contributed by atoms with E-state index in [0.29, 0.717) is 39.4 Å². The van der Waals surface area contributed by atoms with E-state index in [-0.39, 0.29) is 16.1 Å². The summed E-state index contributed by atoms with van der Waals surface area (Å²) in [6.07, 6.45) is 3.48. The van der Waals surface area contributed by atoms with Crippen molar-refractivity contribution in [2.45, 2.75) is 31.7 Å². The third-order valence-electron chi connectivity index (χ3n) is 5.59. The van der Waals surface area contributed by atoms with Crippen LogP contribution < -0.4 is 10.6 Å². The Morgan fingerprint density at radius 1 is 1.08 bits per heavy atom. The number of hydrogen-bond donors (Lipinski definition) is 3. The van der Waals surface area contributed by atoms with Gasteiger partial charge in [-0.25, -0.2) is 22.2 Å². The number of amides is 1. The van der Waals surface area contributed by atoms with Crippen molar-refractivity contribution in [2.24, 2.45) is 0 Å². The molecule has 194 valence electrons. The Bertz CT molecular complexity index is 1760. The predicted octanol–water partition coefficient (Wildman–Crippen LogP) is 5.07. The molecule has 0 unspecified atom stereocenters. The molecule has 13 heteroatoms. The van der Waals surface area contributed by atoms with Gasteiger partial charge in [0.15, 0.2) is 5.82 Å². The van der Waals surface area contributed by atoms with Gasteiger partial charge in [0.2, 0.25) is 5.13 Å². The number of aryl methyl sites for hydroxylation is 1. The lowest BCUT2D eigenvalue weighted by molar-refractivity contribution is 0.209. The monoisotopic (exact) mass is 549 g/mol. The van der Waals surface area contributed by atoms with Gasteiger partial charge < -0.3 is 10.4 Å². The first-order valence-electron chi connectivity index (χ1n) is 11.5. The fourth-order valence-corrected chi connectivity index (χ4v) is 5.86. The molecular weight excluding hydrogens is 526 g/mol. The van der Waals surface area contributed by atoms with Gasteiger partial charge in [0.05, 0.1) is 28.5 Å². The summed E-state index contributed by atoms with van der Waals surface area (Å²) in [5, 5.41) is 15.1. The van der Waals surface area contributed by atoms with E-state index in [2.05, 4.69) is 30.0 Å². The first-order chi connectivity index (χ1) is 18.1. The second-order valence-corrected chi connectivity index (χ2v) is 11.4. The molecule has 0 fully saturated rings. The second kappa shape index (κ2) is 9.84. The lowest BCUT2D eigenvalue weighted by atomic mass is 10.1. The molecule has 1 amide bonds. The number of nitrogens with zero attached hydrogens (tertiary/aromatic N) is 5. The number of carboxylic acid groups (broad SMARTS) is 1. The van der Waals surface area contributed by atoms with Gasteiger partial charge in [-0.15, -0.1) is 0 Å². The van der Waals surface area contributed by atoms with E-state index in [1.165, 1.54) is 3.97 Å². The number of fused-ring (bicyclic) bond motifs is 1. The number of anilines is 2. The van der Waals surface area contributed by atoms with Gasteiger partial charge in [-0.3, -0.25) is 10.3 Å². The molecule has 3 N–H and O–H groups in total. The Kier molecular flexibility index (Phi) is 6.55. The molecule has 3 aromatic heterocycles. The number of rotatable bonds is 7. The maximum absolute atomic E-state index is 13.7. The lowest BCUT2D eigenvalue weighted by Gasteiger charge is -2.09. The molecule has 3 heterocycles. The minimum atomic E-state index is -3.94. The Balaban J connectivity index is 1.70. The van der Waals surface area contributed by atoms with Crippen molar-refractivity contribution in [3.63, 3.8) is 0 Å². The highest BCUT2D eigenvalue weighted by atomic mass is 32.2. The van der Waals surface area contributed by atoms with Crippen LogP contribution in [0, 0.1) is 6.92 Å². The predicted molar refractivity (Wildman–Crippen MR) is 146 cm³/mol. The van der Waals surface area contributed by atoms with Crippen LogP contribution in [-0.4, -0.2) is 49.0 Å². The summed E-state index contributed by atoms with van der Waals surface area (Å²) in [5.41, 5.74) is 3.01. The van der Waals surface area contributed by atoms with Crippen LogP contribution in [0.15, 0.2) is 66.0 Å². The number of nitrogens with one attached hydrogen (secondary N) is 2. The maximum Gasteiger partial charge on any atom is 0.411 e. The average molecular weight is 550 g/mol. The van der Waals surface area contributed by atoms with Crippen LogP contribution >= 0.6 is 11.5 Å². The van der Waals surface area contributed by atoms with Crippen molar-refractivity contribution in [1.29, 1.82) is 0 Å². The standard InChI is InChI=1S/C25H23N7O4S2/c1-14(2)27-22-12-26-11-20(28-22)19-13-32(38(35,36)17-7-4-15(3)5-8-17)21-9-6-16(10-18(19)21)23-29-24(37-31-23)30-25(33)34/h4-14H,1-3H3,(H,27,28)(H,33,34)(H,29,30,31). The second-order valence-electron chi connectivity index (χ2n) is 8.83. The zero-order valence-electron chi connectivity index (χ0n) is 20.6. The van der Waals surface area contributed by atoms with Crippen molar-refractivity contribution in [1.82, 2.24) is 23.3 Å². The average Bonchev–Trinajstić information content (AvgIpc) is 3.48. The van der Waals surface area contributed by atoms with Crippen LogP contribution in [0.3, 0.4) is 0 Å². The van der Waals surface area contributed by atoms with Crippen LogP contribution in [-0.2, 0) is 10.0 Å². The van der Waals surface area contributed by atoms with Crippen LogP contribution in [0.1, 0.15) is 19.4 Å². The van der Waals surface area contributed by atoms with E-state index >= 15 is 0 Å². The van der Waals surface area contributed by atoms with Gasteiger partial charge in [-0.2, -0.15) is 9.36 Å². The van der Waals surface area contributed by atoms with E-state index < -0.39 is 16.1 Å². The molecule has 38 heavy (non-hydrogen) atoms. The van der Waals surface area contributed by atoms with Gasteiger partial charge in [0, 0.05) is 40.3 Å². The normalized spacial score (nSPS) is 11.7. The zero-order chi connectivity index (χ0) is 27.0. The van der Waals surface area contributed by atoms with E-state index in [1.54, 1.807) is 61.1 Å². The molecule has 5 rings (SSSR count). The molecule has 0 saturated heterocycles. The number of aromatic nitrogens is 5. The zero-order valence-corrected chi connectivity index (χ0v) is 22.2. The minimum Gasteiger partial charge on any atom is -0.465 e. The molecule has 5 aromatic rings. The number of benzene rings is 2. The van der Waals surface area contributed by atoms with Gasteiger partial charge in [0.25, 0.3) is 10.0 Å². The van der Waals surface area contributed by atoms with Gasteiger partial charge >= 0.3 is 6.09 Å². The highest BCUT2D eigenvalue weighted by molar-refractivity contribution is 7.90. The van der Waals surface area contributed by atoms with Crippen molar-refractivity contribution in [3.8, 4) is 22.6 Å². The van der Waals surface area contributed by atoms with Crippen LogP contribution in [0.25, 0.3) is 33.5 Å². The van der Waals surface area contributed by atoms with Crippen molar-refractivity contribution in [3.05, 3.63) is 66.6 Å². The van der Waals surface area contributed by atoms with Crippen LogP contribution in [0.2, 0.25) is 0 Å². The summed E-state index contributed by atoms with van der Waals surface area (Å²) < 4.78 is 32.9. The molecule has 0 saturated carbocycles. The highest BCUT2D eigenvalue weighted by Crippen LogP contribution is 2.35. The molecule has 0 bridgehead atoms. The van der Waals surface area contributed by atoms with Crippen molar-refractivity contribution < 1.29 is 18.3 Å². The molecule has 0 aliphatic rings. The Hall–Kier alpha value is -4.36. The maximum atomic E-state index is 13.7. The molecular formula is C25H23N7O4S2. The molecule has 0 aliphatic carbocycles. The van der Waals surface area contributed by atoms with Crippen LogP contribution in [0.4, 0.5) is 15.7 Å².